The van der Waals surface area contributed by atoms with Gasteiger partial charge in [0.15, 0.2) is 12.2 Å². The van der Waals surface area contributed by atoms with Crippen molar-refractivity contribution in [1.82, 2.24) is 0 Å². The molecular formula is C36H56O12. The van der Waals surface area contributed by atoms with E-state index >= 15 is 0 Å². The smallest absolute Gasteiger partial charge is 0.338 e. The van der Waals surface area contributed by atoms with Gasteiger partial charge in [-0.1, -0.05) is 53.2 Å². The first-order valence-corrected chi connectivity index (χ1v) is 17.6. The number of hydrogen-bond donors (Lipinski definition) is 8. The maximum atomic E-state index is 13.0. The van der Waals surface area contributed by atoms with Crippen molar-refractivity contribution in [2.24, 2.45) is 56.7 Å². The molecule has 12 heteroatoms. The molecule has 5 aliphatic carbocycles. The van der Waals surface area contributed by atoms with Crippen molar-refractivity contribution >= 4 is 17.9 Å². The van der Waals surface area contributed by atoms with Crippen LogP contribution in [0.4, 0.5) is 0 Å². The number of carboxylic acid groups (broad SMARTS) is 2. The first-order chi connectivity index (χ1) is 22.2. The Morgan fingerprint density at radius 3 is 2.10 bits per heavy atom. The molecule has 272 valence electrons. The first kappa shape index (κ1) is 37.2. The van der Waals surface area contributed by atoms with E-state index in [1.54, 1.807) is 6.92 Å². The molecule has 0 aromatic heterocycles. The molecule has 0 aliphatic heterocycles. The predicted molar refractivity (Wildman–Crippen MR) is 171 cm³/mol. The van der Waals surface area contributed by atoms with Crippen LogP contribution in [0.1, 0.15) is 92.9 Å². The van der Waals surface area contributed by atoms with Crippen molar-refractivity contribution in [2.75, 3.05) is 6.61 Å². The van der Waals surface area contributed by atoms with Gasteiger partial charge in [0, 0.05) is 5.41 Å². The fourth-order valence-corrected chi connectivity index (χ4v) is 12.1. The largest absolute Gasteiger partial charge is 0.481 e. The number of carbonyl (C=O) groups excluding carboxylic acids is 1. The van der Waals surface area contributed by atoms with E-state index in [1.807, 2.05) is 0 Å². The Balaban J connectivity index is 1.46. The van der Waals surface area contributed by atoms with E-state index in [1.165, 1.54) is 5.57 Å². The van der Waals surface area contributed by atoms with Gasteiger partial charge in [0.05, 0.1) is 18.1 Å². The molecular weight excluding hydrogens is 624 g/mol. The topological polar surface area (TPSA) is 222 Å². The number of rotatable bonds is 8. The van der Waals surface area contributed by atoms with Crippen molar-refractivity contribution in [3.63, 3.8) is 0 Å². The molecule has 0 saturated heterocycles. The predicted octanol–water partition coefficient (Wildman–Crippen LogP) is 2.11. The maximum absolute atomic E-state index is 13.0. The zero-order valence-electron chi connectivity index (χ0n) is 29.0. The Morgan fingerprint density at radius 2 is 1.52 bits per heavy atom. The van der Waals surface area contributed by atoms with Crippen molar-refractivity contribution in [3.05, 3.63) is 11.6 Å². The summed E-state index contributed by atoms with van der Waals surface area (Å²) in [6.07, 6.45) is -4.67. The summed E-state index contributed by atoms with van der Waals surface area (Å²) in [6, 6.07) is 0. The van der Waals surface area contributed by atoms with Crippen LogP contribution in [0.5, 0.6) is 0 Å². The summed E-state index contributed by atoms with van der Waals surface area (Å²) in [6.45, 7) is 12.5. The van der Waals surface area contributed by atoms with Crippen molar-refractivity contribution < 1.29 is 60.0 Å². The summed E-state index contributed by atoms with van der Waals surface area (Å²) in [5.74, 6) is -3.58. The molecule has 8 N–H and O–H groups in total. The Hall–Kier alpha value is -2.09. The molecule has 0 radical (unpaired) electrons. The van der Waals surface area contributed by atoms with Gasteiger partial charge in [-0.2, -0.15) is 0 Å². The molecule has 0 unspecified atom stereocenters. The fraction of sp³-hybridized carbons (Fsp3) is 0.861. The number of ether oxygens (including phenoxy) is 1. The lowest BCUT2D eigenvalue weighted by atomic mass is 9.33. The lowest BCUT2D eigenvalue weighted by Gasteiger charge is -2.71. The van der Waals surface area contributed by atoms with Gasteiger partial charge in [-0.05, 0) is 97.2 Å². The highest BCUT2D eigenvalue weighted by atomic mass is 16.6. The van der Waals surface area contributed by atoms with E-state index in [2.05, 4.69) is 40.7 Å². The Bertz CT molecular complexity index is 1330. The third-order valence-electron chi connectivity index (χ3n) is 15.2. The average molecular weight is 681 g/mol. The van der Waals surface area contributed by atoms with E-state index in [4.69, 9.17) is 9.84 Å². The minimum Gasteiger partial charge on any atom is -0.481 e. The Kier molecular flexibility index (Phi) is 9.52. The monoisotopic (exact) mass is 680 g/mol. The minimum absolute atomic E-state index is 0.0545. The molecule has 16 atom stereocenters. The Labute approximate surface area is 282 Å². The molecule has 0 aromatic rings. The van der Waals surface area contributed by atoms with Crippen LogP contribution >= 0.6 is 0 Å². The van der Waals surface area contributed by atoms with Crippen LogP contribution in [0.15, 0.2) is 11.6 Å². The highest BCUT2D eigenvalue weighted by molar-refractivity contribution is 5.77. The van der Waals surface area contributed by atoms with Gasteiger partial charge in [0.1, 0.15) is 18.3 Å². The number of carbonyl (C=O) groups is 3. The summed E-state index contributed by atoms with van der Waals surface area (Å²) >= 11 is 0. The second-order valence-electron chi connectivity index (χ2n) is 17.1. The molecule has 4 saturated carbocycles. The van der Waals surface area contributed by atoms with E-state index in [-0.39, 0.29) is 40.9 Å². The number of aliphatic hydroxyl groups is 6. The summed E-state index contributed by atoms with van der Waals surface area (Å²) in [4.78, 5) is 37.0. The number of allylic oxidation sites excluding steroid dienone is 2. The van der Waals surface area contributed by atoms with Crippen LogP contribution in [-0.2, 0) is 19.1 Å². The molecule has 5 aliphatic rings. The van der Waals surface area contributed by atoms with Crippen LogP contribution < -0.4 is 0 Å². The van der Waals surface area contributed by atoms with Gasteiger partial charge in [-0.15, -0.1) is 0 Å². The lowest BCUT2D eigenvalue weighted by molar-refractivity contribution is -0.254. The molecule has 0 heterocycles. The zero-order chi connectivity index (χ0) is 35.9. The van der Waals surface area contributed by atoms with Crippen LogP contribution in [0.2, 0.25) is 0 Å². The fourth-order valence-electron chi connectivity index (χ4n) is 12.1. The van der Waals surface area contributed by atoms with Crippen molar-refractivity contribution in [2.45, 2.75) is 130 Å². The third-order valence-corrected chi connectivity index (χ3v) is 15.2. The Morgan fingerprint density at radius 1 is 0.896 bits per heavy atom. The molecule has 0 bridgehead atoms. The standard InChI is InChI=1S/C36H56O12/c1-17-9-12-36(31(46)47)14-13-34(5)19(23(36)18(17)2)7-8-22-32(3)15-20(38)28(33(4,16-37)21(32)10-11-35(22,34)6)48-30(45)27(42)25(40)24(39)26(41)29(43)44/h7,17-18,20-28,37-42H,8-16H2,1-6H3,(H,43,44)(H,46,47)/t17-,18+,20-,21-,22-,23+,24+,25+,26-,27+,28+,32+,33+,34-,35-,36+/m1/s1. The van der Waals surface area contributed by atoms with Crippen LogP contribution in [0, 0.1) is 56.7 Å². The number of fused-ring (bicyclic) bond motifs is 7. The van der Waals surface area contributed by atoms with E-state index in [0.717, 1.165) is 19.3 Å². The summed E-state index contributed by atoms with van der Waals surface area (Å²) < 4.78 is 5.59. The van der Waals surface area contributed by atoms with Crippen molar-refractivity contribution in [3.8, 4) is 0 Å². The van der Waals surface area contributed by atoms with Gasteiger partial charge < -0.3 is 45.6 Å². The zero-order valence-corrected chi connectivity index (χ0v) is 29.0. The molecule has 4 fully saturated rings. The summed E-state index contributed by atoms with van der Waals surface area (Å²) in [5.41, 5.74) is -1.71. The molecule has 5 rings (SSSR count). The number of esters is 1. The molecule has 0 aromatic carbocycles. The van der Waals surface area contributed by atoms with Crippen LogP contribution in [0.25, 0.3) is 0 Å². The van der Waals surface area contributed by atoms with Gasteiger partial charge in [0.25, 0.3) is 0 Å². The SMILES string of the molecule is C[C@H]1[C@H](C)CC[C@]2(C(=O)O)CC[C@]3(C)C(=CC[C@@H]4[C@@]5(C)C[C@@H](O)[C@H](OC(=O)[C@@H](O)[C@@H](O)[C@H](O)[C@@H](O)C(=O)O)[C@@](C)(CO)[C@@H]5CC[C@]43C)[C@H]12. The second kappa shape index (κ2) is 12.3. The van der Waals surface area contributed by atoms with Gasteiger partial charge in [0.2, 0.25) is 0 Å². The third kappa shape index (κ3) is 5.02. The van der Waals surface area contributed by atoms with Gasteiger partial charge in [-0.3, -0.25) is 4.79 Å². The summed E-state index contributed by atoms with van der Waals surface area (Å²) in [5, 5.41) is 82.4. The van der Waals surface area contributed by atoms with E-state index < -0.39 is 77.4 Å². The quantitative estimate of drug-likeness (QED) is 0.136. The normalized spacial score (nSPS) is 47.8. The van der Waals surface area contributed by atoms with Gasteiger partial charge >= 0.3 is 17.9 Å². The number of carboxylic acids is 2. The van der Waals surface area contributed by atoms with Crippen molar-refractivity contribution in [1.29, 1.82) is 0 Å². The van der Waals surface area contributed by atoms with Crippen LogP contribution in [0.3, 0.4) is 0 Å². The van der Waals surface area contributed by atoms with E-state index in [0.29, 0.717) is 31.6 Å². The summed E-state index contributed by atoms with van der Waals surface area (Å²) in [7, 11) is 0. The minimum atomic E-state index is -2.47. The maximum Gasteiger partial charge on any atom is 0.338 e. The van der Waals surface area contributed by atoms with Crippen LogP contribution in [-0.4, -0.2) is 102 Å². The second-order valence-corrected chi connectivity index (χ2v) is 17.1. The molecule has 0 spiro atoms. The first-order valence-electron chi connectivity index (χ1n) is 17.6. The highest BCUT2D eigenvalue weighted by Crippen LogP contribution is 2.76. The lowest BCUT2D eigenvalue weighted by Crippen LogP contribution is -2.69. The number of hydrogen-bond acceptors (Lipinski definition) is 10. The highest BCUT2D eigenvalue weighted by Gasteiger charge is 2.71. The average Bonchev–Trinajstić information content (AvgIpc) is 3.03. The van der Waals surface area contributed by atoms with Gasteiger partial charge in [-0.25, -0.2) is 9.59 Å². The molecule has 48 heavy (non-hydrogen) atoms. The number of aliphatic hydroxyl groups excluding tert-OH is 6. The van der Waals surface area contributed by atoms with E-state index in [9.17, 15) is 50.1 Å². The number of aliphatic carboxylic acids is 2. The molecule has 0 amide bonds. The molecule has 12 nitrogen and oxygen atoms in total.